The van der Waals surface area contributed by atoms with Gasteiger partial charge in [0.15, 0.2) is 0 Å². The lowest BCUT2D eigenvalue weighted by atomic mass is 9.83. The zero-order chi connectivity index (χ0) is 15.1. The van der Waals surface area contributed by atoms with E-state index in [0.29, 0.717) is 0 Å². The number of amides is 1. The molecule has 0 radical (unpaired) electrons. The molecule has 110 valence electrons. The Labute approximate surface area is 130 Å². The molecule has 1 amide bonds. The lowest BCUT2D eigenvalue weighted by Gasteiger charge is -2.19. The van der Waals surface area contributed by atoms with Crippen LogP contribution in [0.15, 0.2) is 60.7 Å². The van der Waals surface area contributed by atoms with Crippen molar-refractivity contribution in [2.24, 2.45) is 5.92 Å². The number of benzene rings is 2. The summed E-state index contributed by atoms with van der Waals surface area (Å²) in [5, 5.41) is 1.70. The highest BCUT2D eigenvalue weighted by molar-refractivity contribution is 5.98. The molecule has 2 aromatic carbocycles. The van der Waals surface area contributed by atoms with Crippen LogP contribution >= 0.6 is 0 Å². The highest BCUT2D eigenvalue weighted by atomic mass is 16.2. The van der Waals surface area contributed by atoms with Crippen LogP contribution < -0.4 is 10.4 Å². The number of hydrazine groups is 1. The third-order valence-corrected chi connectivity index (χ3v) is 4.62. The van der Waals surface area contributed by atoms with Crippen molar-refractivity contribution in [3.05, 3.63) is 71.8 Å². The van der Waals surface area contributed by atoms with Gasteiger partial charge in [-0.3, -0.25) is 4.79 Å². The van der Waals surface area contributed by atoms with Crippen LogP contribution in [0.2, 0.25) is 0 Å². The third-order valence-electron chi connectivity index (χ3n) is 4.62. The number of carbonyl (C=O) groups excluding carboxylic acids is 1. The molecule has 3 atom stereocenters. The van der Waals surface area contributed by atoms with Gasteiger partial charge < -0.3 is 0 Å². The quantitative estimate of drug-likeness (QED) is 0.920. The monoisotopic (exact) mass is 290 g/mol. The van der Waals surface area contributed by atoms with E-state index in [2.05, 4.69) is 36.6 Å². The van der Waals surface area contributed by atoms with Crippen LogP contribution in [0.1, 0.15) is 24.0 Å². The van der Waals surface area contributed by atoms with Crippen molar-refractivity contribution < 1.29 is 4.79 Å². The van der Waals surface area contributed by atoms with E-state index in [9.17, 15) is 4.79 Å². The van der Waals surface area contributed by atoms with Crippen LogP contribution in [0.3, 0.4) is 0 Å². The normalized spacial score (nSPS) is 26.5. The van der Waals surface area contributed by atoms with E-state index in [1.807, 2.05) is 42.5 Å². The molecular formula is C19H18N2O. The molecule has 2 aliphatic rings. The van der Waals surface area contributed by atoms with Crippen molar-refractivity contribution in [3.8, 4) is 0 Å². The fraction of sp³-hybridized carbons (Fsp3) is 0.211. The third kappa shape index (κ3) is 1.97. The fourth-order valence-electron chi connectivity index (χ4n) is 3.54. The number of carbonyl (C=O) groups is 1. The van der Waals surface area contributed by atoms with Crippen molar-refractivity contribution >= 4 is 17.7 Å². The number of hydrogen-bond donors (Lipinski definition) is 1. The SMILES string of the molecule is CC1NN(c2ccccc2)C(=O)C1C1C=Cc2ccccc21. The second-order valence-corrected chi connectivity index (χ2v) is 5.97. The summed E-state index contributed by atoms with van der Waals surface area (Å²) < 4.78 is 0. The molecule has 3 heteroatoms. The molecule has 3 unspecified atom stereocenters. The molecule has 3 nitrogen and oxygen atoms in total. The van der Waals surface area contributed by atoms with Crippen LogP contribution in [0.5, 0.6) is 0 Å². The number of anilines is 1. The summed E-state index contributed by atoms with van der Waals surface area (Å²) in [7, 11) is 0. The Morgan fingerprint density at radius 2 is 1.73 bits per heavy atom. The maximum absolute atomic E-state index is 12.9. The van der Waals surface area contributed by atoms with Crippen LogP contribution in [0.25, 0.3) is 6.08 Å². The molecule has 0 aromatic heterocycles. The maximum atomic E-state index is 12.9. The molecule has 22 heavy (non-hydrogen) atoms. The van der Waals surface area contributed by atoms with Gasteiger partial charge in [0, 0.05) is 12.0 Å². The van der Waals surface area contributed by atoms with E-state index in [1.54, 1.807) is 5.01 Å². The maximum Gasteiger partial charge on any atom is 0.247 e. The molecule has 1 fully saturated rings. The number of hydrogen-bond acceptors (Lipinski definition) is 2. The lowest BCUT2D eigenvalue weighted by molar-refractivity contribution is -0.120. The Morgan fingerprint density at radius 3 is 2.55 bits per heavy atom. The molecular weight excluding hydrogens is 272 g/mol. The molecule has 1 heterocycles. The summed E-state index contributed by atoms with van der Waals surface area (Å²) in [5.41, 5.74) is 6.71. The van der Waals surface area contributed by atoms with Gasteiger partial charge in [0.05, 0.1) is 11.6 Å². The highest BCUT2D eigenvalue weighted by Gasteiger charge is 2.44. The van der Waals surface area contributed by atoms with Gasteiger partial charge in [-0.25, -0.2) is 10.4 Å². The molecule has 1 saturated heterocycles. The second-order valence-electron chi connectivity index (χ2n) is 5.97. The molecule has 2 aromatic rings. The molecule has 0 bridgehead atoms. The lowest BCUT2D eigenvalue weighted by Crippen LogP contribution is -2.36. The number of nitrogens with zero attached hydrogens (tertiary/aromatic N) is 1. The van der Waals surface area contributed by atoms with Gasteiger partial charge in [-0.1, -0.05) is 54.6 Å². The van der Waals surface area contributed by atoms with Gasteiger partial charge in [-0.05, 0) is 30.2 Å². The minimum atomic E-state index is -0.0693. The van der Waals surface area contributed by atoms with Gasteiger partial charge in [0.2, 0.25) is 5.91 Å². The van der Waals surface area contributed by atoms with Gasteiger partial charge in [-0.2, -0.15) is 0 Å². The Bertz CT molecular complexity index is 738. The van der Waals surface area contributed by atoms with Crippen molar-refractivity contribution in [1.29, 1.82) is 0 Å². The fourth-order valence-corrected chi connectivity index (χ4v) is 3.54. The summed E-state index contributed by atoms with van der Waals surface area (Å²) >= 11 is 0. The average Bonchev–Trinajstić information content (AvgIpc) is 3.09. The summed E-state index contributed by atoms with van der Waals surface area (Å²) in [6.45, 7) is 2.08. The second kappa shape index (κ2) is 5.11. The van der Waals surface area contributed by atoms with E-state index >= 15 is 0 Å². The summed E-state index contributed by atoms with van der Waals surface area (Å²) in [4.78, 5) is 12.9. The molecule has 1 aliphatic carbocycles. The zero-order valence-corrected chi connectivity index (χ0v) is 12.4. The van der Waals surface area contributed by atoms with Crippen LogP contribution in [-0.4, -0.2) is 11.9 Å². The largest absolute Gasteiger partial charge is 0.273 e. The number of allylic oxidation sites excluding steroid dienone is 1. The van der Waals surface area contributed by atoms with Crippen LogP contribution in [0, 0.1) is 5.92 Å². The Morgan fingerprint density at radius 1 is 1.00 bits per heavy atom. The van der Waals surface area contributed by atoms with Crippen molar-refractivity contribution in [3.63, 3.8) is 0 Å². The Balaban J connectivity index is 1.67. The first-order valence-corrected chi connectivity index (χ1v) is 7.68. The molecule has 1 N–H and O–H groups in total. The van der Waals surface area contributed by atoms with E-state index in [-0.39, 0.29) is 23.8 Å². The van der Waals surface area contributed by atoms with Crippen LogP contribution in [-0.2, 0) is 4.79 Å². The topological polar surface area (TPSA) is 32.3 Å². The average molecular weight is 290 g/mol. The van der Waals surface area contributed by atoms with Crippen molar-refractivity contribution in [2.45, 2.75) is 18.9 Å². The zero-order valence-electron chi connectivity index (χ0n) is 12.4. The molecule has 0 saturated carbocycles. The molecule has 4 rings (SSSR count). The van der Waals surface area contributed by atoms with E-state index < -0.39 is 0 Å². The van der Waals surface area contributed by atoms with Crippen LogP contribution in [0.4, 0.5) is 5.69 Å². The van der Waals surface area contributed by atoms with E-state index in [0.717, 1.165) is 5.69 Å². The first kappa shape index (κ1) is 13.3. The van der Waals surface area contributed by atoms with Crippen molar-refractivity contribution in [1.82, 2.24) is 5.43 Å². The predicted octanol–water partition coefficient (Wildman–Crippen LogP) is 3.35. The number of para-hydroxylation sites is 1. The summed E-state index contributed by atoms with van der Waals surface area (Å²) in [6, 6.07) is 18.2. The van der Waals surface area contributed by atoms with Gasteiger partial charge in [0.1, 0.15) is 0 Å². The van der Waals surface area contributed by atoms with E-state index in [1.165, 1.54) is 11.1 Å². The number of nitrogens with one attached hydrogen (secondary N) is 1. The number of rotatable bonds is 2. The Hall–Kier alpha value is -2.39. The van der Waals surface area contributed by atoms with Gasteiger partial charge in [-0.15, -0.1) is 0 Å². The smallest absolute Gasteiger partial charge is 0.247 e. The van der Waals surface area contributed by atoms with Crippen molar-refractivity contribution in [2.75, 3.05) is 5.01 Å². The first-order valence-electron chi connectivity index (χ1n) is 7.68. The minimum Gasteiger partial charge on any atom is -0.273 e. The molecule has 1 aliphatic heterocycles. The predicted molar refractivity (Wildman–Crippen MR) is 88.2 cm³/mol. The Kier molecular flexibility index (Phi) is 3.09. The van der Waals surface area contributed by atoms with Gasteiger partial charge >= 0.3 is 0 Å². The van der Waals surface area contributed by atoms with E-state index in [4.69, 9.17) is 0 Å². The van der Waals surface area contributed by atoms with Gasteiger partial charge in [0.25, 0.3) is 0 Å². The standard InChI is InChI=1S/C19H18N2O/c1-13-18(17-12-11-14-7-5-6-10-16(14)17)19(22)21(20-13)15-8-3-2-4-9-15/h2-13,17-18,20H,1H3. The summed E-state index contributed by atoms with van der Waals surface area (Å²) in [5.74, 6) is 0.227. The number of fused-ring (bicyclic) bond motifs is 1. The summed E-state index contributed by atoms with van der Waals surface area (Å²) in [6.07, 6.45) is 4.30. The first-order chi connectivity index (χ1) is 10.8. The molecule has 0 spiro atoms. The highest BCUT2D eigenvalue weighted by Crippen LogP contribution is 2.40. The minimum absolute atomic E-state index is 0.0693.